The van der Waals surface area contributed by atoms with Crippen LogP contribution in [0.2, 0.25) is 0 Å². The maximum absolute atomic E-state index is 13.2. The minimum atomic E-state index is -0.791. The fourth-order valence-electron chi connectivity index (χ4n) is 6.13. The van der Waals surface area contributed by atoms with Crippen molar-refractivity contribution in [3.8, 4) is 11.3 Å². The lowest BCUT2D eigenvalue weighted by molar-refractivity contribution is -0.137. The maximum Gasteiger partial charge on any atom is 0.303 e. The Morgan fingerprint density at radius 2 is 1.75 bits per heavy atom. The van der Waals surface area contributed by atoms with Crippen molar-refractivity contribution < 1.29 is 14.7 Å². The number of aliphatic carboxylic acids is 1. The number of carboxylic acids is 1. The SMILES string of the molecule is CCC1(CCNC(=O)c2ccc3nc(-c4ccccc4)c(CCCCC(=O)O)nc3c2)CCCc2ccccc21. The average Bonchev–Trinajstić information content (AvgIpc) is 2.99. The van der Waals surface area contributed by atoms with Gasteiger partial charge in [0.15, 0.2) is 0 Å². The van der Waals surface area contributed by atoms with E-state index in [1.807, 2.05) is 48.5 Å². The van der Waals surface area contributed by atoms with Crippen LogP contribution in [-0.4, -0.2) is 33.5 Å². The van der Waals surface area contributed by atoms with Crippen LogP contribution in [0.25, 0.3) is 22.3 Å². The molecule has 1 amide bonds. The highest BCUT2D eigenvalue weighted by Gasteiger charge is 2.34. The summed E-state index contributed by atoms with van der Waals surface area (Å²) >= 11 is 0. The molecule has 1 unspecified atom stereocenters. The van der Waals surface area contributed by atoms with E-state index in [4.69, 9.17) is 15.1 Å². The van der Waals surface area contributed by atoms with Crippen LogP contribution >= 0.6 is 0 Å². The first-order chi connectivity index (χ1) is 19.5. The van der Waals surface area contributed by atoms with Gasteiger partial charge in [0, 0.05) is 24.1 Å². The van der Waals surface area contributed by atoms with Crippen LogP contribution in [-0.2, 0) is 23.1 Å². The van der Waals surface area contributed by atoms with E-state index < -0.39 is 5.97 Å². The van der Waals surface area contributed by atoms with Gasteiger partial charge in [-0.3, -0.25) is 9.59 Å². The number of fused-ring (bicyclic) bond motifs is 2. The average molecular weight is 536 g/mol. The third-order valence-electron chi connectivity index (χ3n) is 8.36. The molecule has 0 radical (unpaired) electrons. The van der Waals surface area contributed by atoms with Crippen LogP contribution in [0.5, 0.6) is 0 Å². The van der Waals surface area contributed by atoms with Gasteiger partial charge >= 0.3 is 5.97 Å². The number of rotatable bonds is 11. The van der Waals surface area contributed by atoms with Crippen LogP contribution < -0.4 is 5.32 Å². The molecule has 3 aromatic carbocycles. The molecule has 206 valence electrons. The molecule has 1 aliphatic rings. The number of aryl methyl sites for hydroxylation is 2. The molecule has 4 aromatic rings. The van der Waals surface area contributed by atoms with Gasteiger partial charge in [-0.1, -0.05) is 61.5 Å². The molecule has 0 spiro atoms. The van der Waals surface area contributed by atoms with Crippen LogP contribution in [0, 0.1) is 0 Å². The Morgan fingerprint density at radius 1 is 0.950 bits per heavy atom. The molecular weight excluding hydrogens is 498 g/mol. The quantitative estimate of drug-likeness (QED) is 0.204. The zero-order valence-electron chi connectivity index (χ0n) is 23.2. The Kier molecular flexibility index (Phi) is 8.54. The second-order valence-electron chi connectivity index (χ2n) is 10.8. The van der Waals surface area contributed by atoms with Gasteiger partial charge in [0.25, 0.3) is 5.91 Å². The zero-order valence-corrected chi connectivity index (χ0v) is 23.2. The normalized spacial score (nSPS) is 16.4. The van der Waals surface area contributed by atoms with Crippen LogP contribution in [0.15, 0.2) is 72.8 Å². The predicted molar refractivity (Wildman–Crippen MR) is 158 cm³/mol. The number of hydrogen-bond donors (Lipinski definition) is 2. The number of benzene rings is 3. The van der Waals surface area contributed by atoms with Crippen LogP contribution in [0.4, 0.5) is 0 Å². The molecule has 1 aromatic heterocycles. The first-order valence-corrected chi connectivity index (χ1v) is 14.4. The van der Waals surface area contributed by atoms with E-state index in [1.54, 1.807) is 0 Å². The van der Waals surface area contributed by atoms with Crippen molar-refractivity contribution in [2.24, 2.45) is 0 Å². The number of carbonyl (C=O) groups is 2. The summed E-state index contributed by atoms with van der Waals surface area (Å²) in [6.45, 7) is 2.88. The summed E-state index contributed by atoms with van der Waals surface area (Å²) in [5.74, 6) is -0.893. The second kappa shape index (κ2) is 12.4. The van der Waals surface area contributed by atoms with Gasteiger partial charge in [-0.25, -0.2) is 9.97 Å². The van der Waals surface area contributed by atoms with Gasteiger partial charge in [-0.05, 0) is 86.1 Å². The van der Waals surface area contributed by atoms with Crippen molar-refractivity contribution in [2.45, 2.75) is 70.1 Å². The first kappa shape index (κ1) is 27.5. The number of nitrogens with one attached hydrogen (secondary N) is 1. The maximum atomic E-state index is 13.2. The lowest BCUT2D eigenvalue weighted by Gasteiger charge is -2.39. The second-order valence-corrected chi connectivity index (χ2v) is 10.8. The van der Waals surface area contributed by atoms with Crippen molar-refractivity contribution in [1.29, 1.82) is 0 Å². The molecule has 0 bridgehead atoms. The Morgan fingerprint density at radius 3 is 2.55 bits per heavy atom. The van der Waals surface area contributed by atoms with Gasteiger partial charge in [0.05, 0.1) is 22.4 Å². The fourth-order valence-corrected chi connectivity index (χ4v) is 6.13. The summed E-state index contributed by atoms with van der Waals surface area (Å²) in [4.78, 5) is 34.0. The van der Waals surface area contributed by atoms with E-state index in [0.29, 0.717) is 36.9 Å². The van der Waals surface area contributed by atoms with E-state index >= 15 is 0 Å². The molecule has 2 N–H and O–H groups in total. The molecule has 0 fully saturated rings. The molecule has 0 saturated heterocycles. The number of hydrogen-bond acceptors (Lipinski definition) is 4. The summed E-state index contributed by atoms with van der Waals surface area (Å²) in [5.41, 5.74) is 7.58. The number of carbonyl (C=O) groups excluding carboxylic acids is 1. The molecule has 5 rings (SSSR count). The summed E-state index contributed by atoms with van der Waals surface area (Å²) in [7, 11) is 0. The molecular formula is C34H37N3O3. The molecule has 1 aliphatic carbocycles. The molecule has 0 aliphatic heterocycles. The molecule has 40 heavy (non-hydrogen) atoms. The highest BCUT2D eigenvalue weighted by molar-refractivity contribution is 5.97. The summed E-state index contributed by atoms with van der Waals surface area (Å²) in [6.07, 6.45) is 7.49. The standard InChI is InChI=1S/C34H37N3O3/c1-2-34(20-10-14-24-11-6-7-15-27(24)34)21-22-35-33(40)26-18-19-28-30(23-26)36-29(16-8-9-17-31(38)39)32(37-28)25-12-4-3-5-13-25/h3-7,11-13,15,18-19,23H,2,8-10,14,16-17,20-22H2,1H3,(H,35,40)(H,38,39). The van der Waals surface area contributed by atoms with Gasteiger partial charge in [0.1, 0.15) is 0 Å². The third-order valence-corrected chi connectivity index (χ3v) is 8.36. The highest BCUT2D eigenvalue weighted by Crippen LogP contribution is 2.42. The van der Waals surface area contributed by atoms with Crippen molar-refractivity contribution in [2.75, 3.05) is 6.54 Å². The first-order valence-electron chi connectivity index (χ1n) is 14.4. The van der Waals surface area contributed by atoms with E-state index in [-0.39, 0.29) is 17.7 Å². The van der Waals surface area contributed by atoms with E-state index in [0.717, 1.165) is 48.2 Å². The Hall–Kier alpha value is -4.06. The van der Waals surface area contributed by atoms with Crippen molar-refractivity contribution >= 4 is 22.9 Å². The summed E-state index contributed by atoms with van der Waals surface area (Å²) < 4.78 is 0. The number of unbranched alkanes of at least 4 members (excludes halogenated alkanes) is 1. The number of nitrogens with zero attached hydrogens (tertiary/aromatic N) is 2. The van der Waals surface area contributed by atoms with Gasteiger partial charge in [0.2, 0.25) is 0 Å². The summed E-state index contributed by atoms with van der Waals surface area (Å²) in [5, 5.41) is 12.2. The number of aromatic nitrogens is 2. The fraction of sp³-hybridized carbons (Fsp3) is 0.353. The Balaban J connectivity index is 1.33. The van der Waals surface area contributed by atoms with E-state index in [9.17, 15) is 9.59 Å². The predicted octanol–water partition coefficient (Wildman–Crippen LogP) is 6.90. The lowest BCUT2D eigenvalue weighted by Crippen LogP contribution is -2.35. The van der Waals surface area contributed by atoms with Gasteiger partial charge in [-0.15, -0.1) is 0 Å². The smallest absolute Gasteiger partial charge is 0.303 e. The van der Waals surface area contributed by atoms with Crippen LogP contribution in [0.1, 0.15) is 79.0 Å². The molecule has 1 heterocycles. The Labute approximate surface area is 235 Å². The van der Waals surface area contributed by atoms with E-state index in [2.05, 4.69) is 36.5 Å². The molecule has 1 atom stereocenters. The van der Waals surface area contributed by atoms with E-state index in [1.165, 1.54) is 17.5 Å². The van der Waals surface area contributed by atoms with Gasteiger partial charge < -0.3 is 10.4 Å². The minimum Gasteiger partial charge on any atom is -0.481 e. The minimum absolute atomic E-state index is 0.103. The lowest BCUT2D eigenvalue weighted by atomic mass is 9.66. The number of amides is 1. The zero-order chi connectivity index (χ0) is 28.0. The number of carboxylic acid groups (broad SMARTS) is 1. The third kappa shape index (κ3) is 6.06. The van der Waals surface area contributed by atoms with Crippen LogP contribution in [0.3, 0.4) is 0 Å². The summed E-state index contributed by atoms with van der Waals surface area (Å²) in [6, 6.07) is 24.2. The molecule has 0 saturated carbocycles. The molecule has 6 heteroatoms. The largest absolute Gasteiger partial charge is 0.481 e. The van der Waals surface area contributed by atoms with Gasteiger partial charge in [-0.2, -0.15) is 0 Å². The molecule has 6 nitrogen and oxygen atoms in total. The van der Waals surface area contributed by atoms with Crippen molar-refractivity contribution in [3.05, 3.63) is 95.2 Å². The Bertz CT molecular complexity index is 1500. The van der Waals surface area contributed by atoms with Crippen molar-refractivity contribution in [1.82, 2.24) is 15.3 Å². The topological polar surface area (TPSA) is 92.2 Å². The van der Waals surface area contributed by atoms with Crippen molar-refractivity contribution in [3.63, 3.8) is 0 Å². The monoisotopic (exact) mass is 535 g/mol. The highest BCUT2D eigenvalue weighted by atomic mass is 16.4.